The Labute approximate surface area is 178 Å². The smallest absolute Gasteiger partial charge is 0.264 e. The number of halogens is 1. The monoisotopic (exact) mass is 463 g/mol. The lowest BCUT2D eigenvalue weighted by Gasteiger charge is -2.32. The normalized spacial score (nSPS) is 15.4. The zero-order valence-corrected chi connectivity index (χ0v) is 18.7. The Morgan fingerprint density at radius 2 is 2.00 bits per heavy atom. The van der Waals surface area contributed by atoms with Crippen molar-refractivity contribution in [3.63, 3.8) is 0 Å². The van der Waals surface area contributed by atoms with E-state index in [0.717, 1.165) is 36.3 Å². The lowest BCUT2D eigenvalue weighted by atomic mass is 10.0. The molecule has 1 aromatic carbocycles. The first-order valence-electron chi connectivity index (χ1n) is 9.49. The molecule has 1 N–H and O–H groups in total. The molecule has 0 bridgehead atoms. The standard InChI is InChI=1S/C21H26BrN3O2S/c1-15-4-3-5-16(12-15)13-25-10-8-17(9-11-25)23-20(26)14-24(2)21(27)18-6-7-19(22)28-18/h3-7,12,17H,8-11,13-14H2,1-2H3,(H,23,26). The number of rotatable bonds is 6. The Bertz CT molecular complexity index is 831. The van der Waals surface area contributed by atoms with Crippen LogP contribution in [0, 0.1) is 6.92 Å². The van der Waals surface area contributed by atoms with Crippen LogP contribution >= 0.6 is 27.3 Å². The van der Waals surface area contributed by atoms with Gasteiger partial charge >= 0.3 is 0 Å². The van der Waals surface area contributed by atoms with Gasteiger partial charge in [0.1, 0.15) is 0 Å². The van der Waals surface area contributed by atoms with Crippen molar-refractivity contribution in [1.82, 2.24) is 15.1 Å². The lowest BCUT2D eigenvalue weighted by molar-refractivity contribution is -0.122. The molecule has 1 aliphatic rings. The molecule has 0 aliphatic carbocycles. The van der Waals surface area contributed by atoms with Crippen LogP contribution in [0.4, 0.5) is 0 Å². The van der Waals surface area contributed by atoms with E-state index < -0.39 is 0 Å². The summed E-state index contributed by atoms with van der Waals surface area (Å²) in [6.45, 7) is 5.09. The van der Waals surface area contributed by atoms with Crippen LogP contribution in [0.15, 0.2) is 40.2 Å². The van der Waals surface area contributed by atoms with Crippen molar-refractivity contribution in [3.8, 4) is 0 Å². The molecule has 1 aliphatic heterocycles. The van der Waals surface area contributed by atoms with Crippen molar-refractivity contribution in [3.05, 3.63) is 56.2 Å². The molecule has 2 amide bonds. The van der Waals surface area contributed by atoms with Gasteiger partial charge in [0.25, 0.3) is 5.91 Å². The summed E-state index contributed by atoms with van der Waals surface area (Å²) in [5.41, 5.74) is 2.62. The molecule has 1 aromatic heterocycles. The third kappa shape index (κ3) is 5.90. The van der Waals surface area contributed by atoms with Crippen LogP contribution < -0.4 is 5.32 Å². The molecular formula is C21H26BrN3O2S. The molecule has 7 heteroatoms. The highest BCUT2D eigenvalue weighted by Crippen LogP contribution is 2.23. The molecule has 0 radical (unpaired) electrons. The minimum Gasteiger partial charge on any atom is -0.352 e. The molecule has 1 saturated heterocycles. The summed E-state index contributed by atoms with van der Waals surface area (Å²) >= 11 is 4.74. The Kier molecular flexibility index (Phi) is 7.26. The fraction of sp³-hybridized carbons (Fsp3) is 0.429. The maximum Gasteiger partial charge on any atom is 0.264 e. The second-order valence-corrected chi connectivity index (χ2v) is 9.83. The number of carbonyl (C=O) groups excluding carboxylic acids is 2. The van der Waals surface area contributed by atoms with E-state index in [9.17, 15) is 9.59 Å². The maximum atomic E-state index is 12.4. The summed E-state index contributed by atoms with van der Waals surface area (Å²) < 4.78 is 0.908. The van der Waals surface area contributed by atoms with Crippen molar-refractivity contribution < 1.29 is 9.59 Å². The molecule has 0 unspecified atom stereocenters. The average Bonchev–Trinajstić information content (AvgIpc) is 3.09. The Morgan fingerprint density at radius 1 is 1.25 bits per heavy atom. The van der Waals surface area contributed by atoms with E-state index >= 15 is 0 Å². The molecule has 150 valence electrons. The van der Waals surface area contributed by atoms with E-state index in [4.69, 9.17) is 0 Å². The highest BCUT2D eigenvalue weighted by Gasteiger charge is 2.22. The minimum atomic E-state index is -0.126. The van der Waals surface area contributed by atoms with Crippen molar-refractivity contribution in [2.45, 2.75) is 32.4 Å². The Balaban J connectivity index is 1.41. The van der Waals surface area contributed by atoms with Crippen molar-refractivity contribution in [1.29, 1.82) is 0 Å². The van der Waals surface area contributed by atoms with Gasteiger partial charge in [-0.1, -0.05) is 29.8 Å². The summed E-state index contributed by atoms with van der Waals surface area (Å²) in [6, 6.07) is 12.4. The molecule has 1 fully saturated rings. The van der Waals surface area contributed by atoms with E-state index in [1.165, 1.54) is 27.4 Å². The van der Waals surface area contributed by atoms with Gasteiger partial charge in [0, 0.05) is 32.7 Å². The fourth-order valence-corrected chi connectivity index (χ4v) is 4.86. The van der Waals surface area contributed by atoms with Crippen LogP contribution in [-0.2, 0) is 11.3 Å². The highest BCUT2D eigenvalue weighted by atomic mass is 79.9. The van der Waals surface area contributed by atoms with Crippen LogP contribution in [-0.4, -0.2) is 54.3 Å². The van der Waals surface area contributed by atoms with Gasteiger partial charge in [-0.3, -0.25) is 14.5 Å². The van der Waals surface area contributed by atoms with Gasteiger partial charge in [0.05, 0.1) is 15.2 Å². The van der Waals surface area contributed by atoms with Crippen molar-refractivity contribution in [2.24, 2.45) is 0 Å². The Hall–Kier alpha value is -1.70. The number of hydrogen-bond donors (Lipinski definition) is 1. The quantitative estimate of drug-likeness (QED) is 0.710. The van der Waals surface area contributed by atoms with Gasteiger partial charge in [-0.15, -0.1) is 11.3 Å². The third-order valence-corrected chi connectivity index (χ3v) is 6.56. The number of carbonyl (C=O) groups is 2. The number of nitrogens with one attached hydrogen (secondary N) is 1. The molecule has 3 rings (SSSR count). The number of likely N-dealkylation sites (N-methyl/N-ethyl adjacent to an activating group) is 1. The van der Waals surface area contributed by atoms with Gasteiger partial charge < -0.3 is 10.2 Å². The van der Waals surface area contributed by atoms with E-state index in [2.05, 4.69) is 57.3 Å². The van der Waals surface area contributed by atoms with Gasteiger partial charge in [-0.2, -0.15) is 0 Å². The number of aryl methyl sites for hydroxylation is 1. The fourth-order valence-electron chi connectivity index (χ4n) is 3.48. The van der Waals surface area contributed by atoms with Crippen LogP contribution in [0.1, 0.15) is 33.6 Å². The van der Waals surface area contributed by atoms with E-state index in [1.54, 1.807) is 13.1 Å². The Morgan fingerprint density at radius 3 is 2.64 bits per heavy atom. The summed E-state index contributed by atoms with van der Waals surface area (Å²) in [5, 5.41) is 3.09. The van der Waals surface area contributed by atoms with Crippen LogP contribution in [0.2, 0.25) is 0 Å². The van der Waals surface area contributed by atoms with Crippen molar-refractivity contribution in [2.75, 3.05) is 26.7 Å². The number of likely N-dealkylation sites (tertiary alicyclic amines) is 1. The van der Waals surface area contributed by atoms with Crippen LogP contribution in [0.5, 0.6) is 0 Å². The van der Waals surface area contributed by atoms with Crippen LogP contribution in [0.3, 0.4) is 0 Å². The predicted octanol–water partition coefficient (Wildman–Crippen LogP) is 3.67. The predicted molar refractivity (Wildman–Crippen MR) is 117 cm³/mol. The second-order valence-electron chi connectivity index (χ2n) is 7.37. The number of hydrogen-bond acceptors (Lipinski definition) is 4. The summed E-state index contributed by atoms with van der Waals surface area (Å²) in [5.74, 6) is -0.220. The largest absolute Gasteiger partial charge is 0.352 e. The number of benzene rings is 1. The lowest BCUT2D eigenvalue weighted by Crippen LogP contribution is -2.47. The zero-order chi connectivity index (χ0) is 20.1. The first-order valence-corrected chi connectivity index (χ1v) is 11.1. The molecule has 0 spiro atoms. The number of piperidine rings is 1. The molecule has 0 atom stereocenters. The molecule has 2 aromatic rings. The topological polar surface area (TPSA) is 52.7 Å². The van der Waals surface area contributed by atoms with Gasteiger partial charge in [-0.25, -0.2) is 0 Å². The minimum absolute atomic E-state index is 0.0812. The molecule has 2 heterocycles. The van der Waals surface area contributed by atoms with E-state index in [0.29, 0.717) is 4.88 Å². The zero-order valence-electron chi connectivity index (χ0n) is 16.3. The number of nitrogens with zero attached hydrogens (tertiary/aromatic N) is 2. The van der Waals surface area contributed by atoms with Gasteiger partial charge in [0.15, 0.2) is 0 Å². The van der Waals surface area contributed by atoms with Crippen LogP contribution in [0.25, 0.3) is 0 Å². The molecule has 5 nitrogen and oxygen atoms in total. The maximum absolute atomic E-state index is 12.4. The third-order valence-electron chi connectivity index (χ3n) is 4.95. The van der Waals surface area contributed by atoms with Gasteiger partial charge in [0.2, 0.25) is 5.91 Å². The number of thiophene rings is 1. The summed E-state index contributed by atoms with van der Waals surface area (Å²) in [7, 11) is 1.67. The van der Waals surface area contributed by atoms with E-state index in [-0.39, 0.29) is 24.4 Å². The average molecular weight is 464 g/mol. The second kappa shape index (κ2) is 9.67. The SMILES string of the molecule is Cc1cccc(CN2CCC(NC(=O)CN(C)C(=O)c3ccc(Br)s3)CC2)c1. The first kappa shape index (κ1) is 21.0. The highest BCUT2D eigenvalue weighted by molar-refractivity contribution is 9.11. The molecule has 0 saturated carbocycles. The van der Waals surface area contributed by atoms with Crippen molar-refractivity contribution >= 4 is 39.1 Å². The summed E-state index contributed by atoms with van der Waals surface area (Å²) in [4.78, 5) is 29.2. The molecular weight excluding hydrogens is 438 g/mol. The summed E-state index contributed by atoms with van der Waals surface area (Å²) in [6.07, 6.45) is 1.88. The van der Waals surface area contributed by atoms with Gasteiger partial charge in [-0.05, 0) is 53.4 Å². The first-order chi connectivity index (χ1) is 13.4. The number of amides is 2. The van der Waals surface area contributed by atoms with E-state index in [1.807, 2.05) is 6.07 Å². The molecule has 28 heavy (non-hydrogen) atoms.